The Morgan fingerprint density at radius 1 is 1.32 bits per heavy atom. The lowest BCUT2D eigenvalue weighted by Crippen LogP contribution is -2.42. The van der Waals surface area contributed by atoms with Crippen molar-refractivity contribution in [3.05, 3.63) is 23.8 Å². The van der Waals surface area contributed by atoms with Gasteiger partial charge in [0.25, 0.3) is 0 Å². The van der Waals surface area contributed by atoms with Crippen LogP contribution in [0.5, 0.6) is 0 Å². The summed E-state index contributed by atoms with van der Waals surface area (Å²) in [6.45, 7) is 1.36. The Balaban J connectivity index is 1.89. The lowest BCUT2D eigenvalue weighted by atomic mass is 9.84. The summed E-state index contributed by atoms with van der Waals surface area (Å²) in [6, 6.07) is 4.67. The Kier molecular flexibility index (Phi) is 4.59. The molecule has 1 aliphatic heterocycles. The van der Waals surface area contributed by atoms with Crippen LogP contribution in [0.2, 0.25) is 0 Å². The fourth-order valence-electron chi connectivity index (χ4n) is 3.41. The van der Waals surface area contributed by atoms with Gasteiger partial charge >= 0.3 is 5.97 Å². The topological polar surface area (TPSA) is 95.0 Å². The molecule has 0 bridgehead atoms. The first-order valence-electron chi connectivity index (χ1n) is 8.36. The number of fused-ring (bicyclic) bond motifs is 1. The molecule has 0 aromatic heterocycles. The van der Waals surface area contributed by atoms with Gasteiger partial charge in [-0.2, -0.15) is 4.31 Å². The summed E-state index contributed by atoms with van der Waals surface area (Å²) < 4.78 is 25.8. The lowest BCUT2D eigenvalue weighted by Gasteiger charge is -2.32. The molecule has 1 amide bonds. The Morgan fingerprint density at radius 3 is 2.56 bits per heavy atom. The van der Waals surface area contributed by atoms with Gasteiger partial charge in [-0.15, -0.1) is 0 Å². The molecule has 1 atom stereocenters. The first kappa shape index (κ1) is 17.9. The fraction of sp³-hybridized carbons (Fsp3) is 0.529. The predicted molar refractivity (Wildman–Crippen MR) is 91.9 cm³/mol. The molecule has 1 aromatic carbocycles. The number of benzene rings is 1. The highest BCUT2D eigenvalue weighted by molar-refractivity contribution is 7.89. The van der Waals surface area contributed by atoms with Gasteiger partial charge in [-0.1, -0.05) is 6.42 Å². The second-order valence-electron chi connectivity index (χ2n) is 6.83. The molecule has 8 heteroatoms. The molecule has 0 saturated heterocycles. The van der Waals surface area contributed by atoms with Gasteiger partial charge in [0, 0.05) is 24.7 Å². The third-order valence-electron chi connectivity index (χ3n) is 5.02. The molecular formula is C17H22N2O5S. The summed E-state index contributed by atoms with van der Waals surface area (Å²) in [5.41, 5.74) is 1.58. The first-order chi connectivity index (χ1) is 11.7. The predicted octanol–water partition coefficient (Wildman–Crippen LogP) is 1.47. The summed E-state index contributed by atoms with van der Waals surface area (Å²) >= 11 is 0. The zero-order valence-electron chi connectivity index (χ0n) is 14.3. The highest BCUT2D eigenvalue weighted by Gasteiger charge is 2.37. The average Bonchev–Trinajstić information content (AvgIpc) is 2.79. The molecule has 3 rings (SSSR count). The van der Waals surface area contributed by atoms with Crippen LogP contribution < -0.4 is 4.90 Å². The Morgan fingerprint density at radius 2 is 2.00 bits per heavy atom. The van der Waals surface area contributed by atoms with Gasteiger partial charge in [0.05, 0.1) is 4.90 Å². The third-order valence-corrected chi connectivity index (χ3v) is 6.82. The molecular weight excluding hydrogens is 344 g/mol. The summed E-state index contributed by atoms with van der Waals surface area (Å²) in [5, 5.41) is 8.81. The summed E-state index contributed by atoms with van der Waals surface area (Å²) in [7, 11) is -2.63. The number of carboxylic acid groups (broad SMARTS) is 1. The second-order valence-corrected chi connectivity index (χ2v) is 8.88. The smallest absolute Gasteiger partial charge is 0.318 e. The van der Waals surface area contributed by atoms with E-state index in [1.54, 1.807) is 17.0 Å². The zero-order valence-corrected chi connectivity index (χ0v) is 15.1. The number of amides is 1. The Labute approximate surface area is 147 Å². The highest BCUT2D eigenvalue weighted by atomic mass is 32.2. The normalized spacial score (nSPS) is 20.4. The number of nitrogens with zero attached hydrogens (tertiary/aromatic N) is 2. The van der Waals surface area contributed by atoms with Crippen LogP contribution >= 0.6 is 0 Å². The number of aliphatic carboxylic acids is 1. The molecule has 1 aliphatic carbocycles. The Bertz CT molecular complexity index is 816. The summed E-state index contributed by atoms with van der Waals surface area (Å²) in [4.78, 5) is 25.3. The maximum Gasteiger partial charge on any atom is 0.318 e. The number of likely N-dealkylation sites (N-methyl/N-ethyl adjacent to an activating group) is 1. The van der Waals surface area contributed by atoms with Crippen molar-refractivity contribution in [2.45, 2.75) is 43.5 Å². The van der Waals surface area contributed by atoms with Crippen molar-refractivity contribution in [2.24, 2.45) is 5.92 Å². The monoisotopic (exact) mass is 366 g/mol. The molecule has 2 aliphatic rings. The van der Waals surface area contributed by atoms with Gasteiger partial charge in [-0.3, -0.25) is 9.59 Å². The van der Waals surface area contributed by atoms with Crippen LogP contribution in [0.15, 0.2) is 23.1 Å². The van der Waals surface area contributed by atoms with Crippen molar-refractivity contribution in [3.63, 3.8) is 0 Å². The molecule has 7 nitrogen and oxygen atoms in total. The van der Waals surface area contributed by atoms with Crippen LogP contribution in [0, 0.1) is 5.92 Å². The molecule has 1 heterocycles. The molecule has 1 aromatic rings. The van der Waals surface area contributed by atoms with E-state index in [0.717, 1.165) is 34.8 Å². The maximum atomic E-state index is 12.6. The molecule has 0 unspecified atom stereocenters. The van der Waals surface area contributed by atoms with E-state index in [9.17, 15) is 18.0 Å². The minimum absolute atomic E-state index is 0.00203. The second kappa shape index (κ2) is 6.42. The number of carboxylic acids is 1. The number of carbonyl (C=O) groups excluding carboxylic acids is 1. The van der Waals surface area contributed by atoms with E-state index in [4.69, 9.17) is 5.11 Å². The van der Waals surface area contributed by atoms with E-state index in [1.165, 1.54) is 13.1 Å². The quantitative estimate of drug-likeness (QED) is 0.851. The third kappa shape index (κ3) is 3.16. The van der Waals surface area contributed by atoms with Gasteiger partial charge in [0.15, 0.2) is 0 Å². The molecule has 0 radical (unpaired) electrons. The van der Waals surface area contributed by atoms with Gasteiger partial charge < -0.3 is 10.0 Å². The largest absolute Gasteiger partial charge is 0.480 e. The van der Waals surface area contributed by atoms with Crippen LogP contribution in [0.3, 0.4) is 0 Å². The van der Waals surface area contributed by atoms with E-state index in [0.29, 0.717) is 6.42 Å². The Hall–Kier alpha value is -1.93. The fourth-order valence-corrected chi connectivity index (χ4v) is 4.58. The SMILES string of the molecule is C[C@@H]1Cc2cc(S(=O)(=O)N(C)CC(=O)O)ccc2N1C(=O)C1CCC1. The number of anilines is 1. The van der Waals surface area contributed by atoms with Crippen LogP contribution in [0.1, 0.15) is 31.7 Å². The van der Waals surface area contributed by atoms with Crippen LogP contribution in [-0.4, -0.2) is 49.3 Å². The van der Waals surface area contributed by atoms with Crippen LogP contribution in [0.4, 0.5) is 5.69 Å². The minimum Gasteiger partial charge on any atom is -0.480 e. The van der Waals surface area contributed by atoms with E-state index in [2.05, 4.69) is 0 Å². The van der Waals surface area contributed by atoms with Crippen LogP contribution in [-0.2, 0) is 26.0 Å². The van der Waals surface area contributed by atoms with Gasteiger partial charge in [-0.25, -0.2) is 8.42 Å². The number of sulfonamides is 1. The zero-order chi connectivity index (χ0) is 18.4. The lowest BCUT2D eigenvalue weighted by molar-refractivity contribution is -0.137. The summed E-state index contributed by atoms with van der Waals surface area (Å²) in [6.07, 6.45) is 3.52. The number of hydrogen-bond acceptors (Lipinski definition) is 4. The van der Waals surface area contributed by atoms with Crippen molar-refractivity contribution in [2.75, 3.05) is 18.5 Å². The van der Waals surface area contributed by atoms with E-state index >= 15 is 0 Å². The number of hydrogen-bond donors (Lipinski definition) is 1. The first-order valence-corrected chi connectivity index (χ1v) is 9.80. The average molecular weight is 366 g/mol. The van der Waals surface area contributed by atoms with Crippen molar-refractivity contribution in [1.82, 2.24) is 4.31 Å². The van der Waals surface area contributed by atoms with Crippen molar-refractivity contribution in [3.8, 4) is 0 Å². The van der Waals surface area contributed by atoms with E-state index in [1.807, 2.05) is 6.92 Å². The minimum atomic E-state index is -3.87. The maximum absolute atomic E-state index is 12.6. The number of carbonyl (C=O) groups is 2. The van der Waals surface area contributed by atoms with Gasteiger partial charge in [0.2, 0.25) is 15.9 Å². The number of rotatable bonds is 5. The van der Waals surface area contributed by atoms with Crippen molar-refractivity contribution < 1.29 is 23.1 Å². The molecule has 25 heavy (non-hydrogen) atoms. The standard InChI is InChI=1S/C17H22N2O5S/c1-11-8-13-9-14(25(23,24)18(2)10-16(20)21)6-7-15(13)19(11)17(22)12-4-3-5-12/h6-7,9,11-12H,3-5,8,10H2,1-2H3,(H,20,21)/t11-/m1/s1. The highest BCUT2D eigenvalue weighted by Crippen LogP contribution is 2.38. The van der Waals surface area contributed by atoms with Gasteiger partial charge in [0.1, 0.15) is 6.54 Å². The van der Waals surface area contributed by atoms with Crippen LogP contribution in [0.25, 0.3) is 0 Å². The molecule has 1 N–H and O–H groups in total. The molecule has 1 fully saturated rings. The van der Waals surface area contributed by atoms with Crippen molar-refractivity contribution >= 4 is 27.6 Å². The summed E-state index contributed by atoms with van der Waals surface area (Å²) in [5.74, 6) is -1.01. The van der Waals surface area contributed by atoms with Gasteiger partial charge in [-0.05, 0) is 49.9 Å². The molecule has 136 valence electrons. The van der Waals surface area contributed by atoms with E-state index < -0.39 is 22.5 Å². The van der Waals surface area contributed by atoms with Crippen molar-refractivity contribution in [1.29, 1.82) is 0 Å². The molecule has 1 saturated carbocycles. The van der Waals surface area contributed by atoms with E-state index in [-0.39, 0.29) is 22.8 Å². The molecule has 0 spiro atoms.